The molecular weight excluding hydrogens is 224 g/mol. The molecule has 1 aromatic rings. The summed E-state index contributed by atoms with van der Waals surface area (Å²) in [5, 5.41) is 9.31. The Morgan fingerprint density at radius 1 is 1.17 bits per heavy atom. The molecule has 2 N–H and O–H groups in total. The number of benzene rings is 1. The van der Waals surface area contributed by atoms with Crippen LogP contribution in [0.5, 0.6) is 5.75 Å². The van der Waals surface area contributed by atoms with Crippen molar-refractivity contribution in [3.8, 4) is 11.8 Å². The third-order valence-electron chi connectivity index (χ3n) is 3.14. The van der Waals surface area contributed by atoms with Gasteiger partial charge in [-0.3, -0.25) is 0 Å². The van der Waals surface area contributed by atoms with Crippen LogP contribution in [0.3, 0.4) is 0 Å². The van der Waals surface area contributed by atoms with Gasteiger partial charge in [0.15, 0.2) is 0 Å². The average molecular weight is 246 g/mol. The fourth-order valence-electron chi connectivity index (χ4n) is 1.84. The molecule has 0 aliphatic rings. The summed E-state index contributed by atoms with van der Waals surface area (Å²) in [5.41, 5.74) is 7.95. The molecule has 0 aromatic heterocycles. The first kappa shape index (κ1) is 14.4. The highest BCUT2D eigenvalue weighted by Gasteiger charge is 2.28. The van der Waals surface area contributed by atoms with Crippen molar-refractivity contribution in [2.75, 3.05) is 12.8 Å². The second-order valence-corrected chi connectivity index (χ2v) is 6.13. The van der Waals surface area contributed by atoms with Crippen LogP contribution in [0.4, 0.5) is 5.69 Å². The fraction of sp³-hybridized carbons (Fsp3) is 0.533. The van der Waals surface area contributed by atoms with Gasteiger partial charge in [-0.25, -0.2) is 0 Å². The van der Waals surface area contributed by atoms with Gasteiger partial charge in [-0.2, -0.15) is 5.26 Å². The van der Waals surface area contributed by atoms with Crippen LogP contribution in [-0.2, 0) is 10.8 Å². The maximum Gasteiger partial charge on any atom is 0.146 e. The number of nitrogens with zero attached hydrogens (tertiary/aromatic N) is 1. The highest BCUT2D eigenvalue weighted by Crippen LogP contribution is 2.39. The van der Waals surface area contributed by atoms with E-state index in [0.29, 0.717) is 11.4 Å². The van der Waals surface area contributed by atoms with Crippen molar-refractivity contribution in [3.05, 3.63) is 23.3 Å². The molecule has 0 aliphatic heterocycles. The van der Waals surface area contributed by atoms with Crippen LogP contribution in [-0.4, -0.2) is 7.11 Å². The van der Waals surface area contributed by atoms with Crippen molar-refractivity contribution in [3.63, 3.8) is 0 Å². The van der Waals surface area contributed by atoms with E-state index in [4.69, 9.17) is 10.5 Å². The van der Waals surface area contributed by atoms with Gasteiger partial charge in [0.2, 0.25) is 0 Å². The van der Waals surface area contributed by atoms with Crippen LogP contribution in [0.1, 0.15) is 45.7 Å². The molecule has 0 aliphatic carbocycles. The number of nitrogens with two attached hydrogens (primary N) is 1. The standard InChI is InChI=1S/C15H22N2O/c1-14(2,3)10-7-11(15(4,5)9-16)13(18-6)12(17)8-10/h7-8H,17H2,1-6H3. The molecule has 0 amide bonds. The van der Waals surface area contributed by atoms with E-state index in [-0.39, 0.29) is 5.41 Å². The van der Waals surface area contributed by atoms with Crippen LogP contribution >= 0.6 is 0 Å². The number of hydrogen-bond donors (Lipinski definition) is 1. The molecule has 0 saturated heterocycles. The van der Waals surface area contributed by atoms with Gasteiger partial charge in [0.05, 0.1) is 24.3 Å². The Hall–Kier alpha value is -1.69. The summed E-state index contributed by atoms with van der Waals surface area (Å²) in [5.74, 6) is 0.606. The number of hydrogen-bond acceptors (Lipinski definition) is 3. The minimum absolute atomic E-state index is 0.0132. The first-order valence-corrected chi connectivity index (χ1v) is 6.03. The number of nitrogen functional groups attached to an aromatic ring is 1. The lowest BCUT2D eigenvalue weighted by Gasteiger charge is -2.26. The second-order valence-electron chi connectivity index (χ2n) is 6.13. The first-order valence-electron chi connectivity index (χ1n) is 6.03. The SMILES string of the molecule is COc1c(N)cc(C(C)(C)C)cc1C(C)(C)C#N. The Labute approximate surface area is 110 Å². The van der Waals surface area contributed by atoms with Gasteiger partial charge in [0.25, 0.3) is 0 Å². The van der Waals surface area contributed by atoms with Gasteiger partial charge in [0.1, 0.15) is 5.75 Å². The molecule has 0 unspecified atom stereocenters. The molecule has 0 fully saturated rings. The van der Waals surface area contributed by atoms with Crippen LogP contribution in [0.25, 0.3) is 0 Å². The molecular formula is C15H22N2O. The van der Waals surface area contributed by atoms with E-state index in [1.165, 1.54) is 0 Å². The van der Waals surface area contributed by atoms with Crippen LogP contribution < -0.4 is 10.5 Å². The molecule has 0 saturated carbocycles. The molecule has 0 radical (unpaired) electrons. The number of nitriles is 1. The zero-order valence-electron chi connectivity index (χ0n) is 12.1. The van der Waals surface area contributed by atoms with E-state index < -0.39 is 5.41 Å². The number of rotatable bonds is 2. The van der Waals surface area contributed by atoms with Crippen molar-refractivity contribution < 1.29 is 4.74 Å². The maximum absolute atomic E-state index is 9.31. The lowest BCUT2D eigenvalue weighted by molar-refractivity contribution is 0.404. The van der Waals surface area contributed by atoms with E-state index >= 15 is 0 Å². The van der Waals surface area contributed by atoms with Crippen LogP contribution in [0, 0.1) is 11.3 Å². The highest BCUT2D eigenvalue weighted by atomic mass is 16.5. The van der Waals surface area contributed by atoms with Gasteiger partial charge in [-0.1, -0.05) is 20.8 Å². The molecule has 18 heavy (non-hydrogen) atoms. The third kappa shape index (κ3) is 2.59. The second kappa shape index (κ2) is 4.53. The van der Waals surface area contributed by atoms with Gasteiger partial charge in [0, 0.05) is 5.56 Å². The van der Waals surface area contributed by atoms with Crippen molar-refractivity contribution >= 4 is 5.69 Å². The molecule has 3 nitrogen and oxygen atoms in total. The fourth-order valence-corrected chi connectivity index (χ4v) is 1.84. The number of methoxy groups -OCH3 is 1. The number of anilines is 1. The van der Waals surface area contributed by atoms with Crippen molar-refractivity contribution in [2.24, 2.45) is 0 Å². The summed E-state index contributed by atoms with van der Waals surface area (Å²) in [4.78, 5) is 0. The zero-order chi connectivity index (χ0) is 14.1. The Kier molecular flexibility index (Phi) is 3.62. The topological polar surface area (TPSA) is 59.0 Å². The quantitative estimate of drug-likeness (QED) is 0.814. The van der Waals surface area contributed by atoms with Gasteiger partial charge < -0.3 is 10.5 Å². The third-order valence-corrected chi connectivity index (χ3v) is 3.14. The molecule has 0 bridgehead atoms. The Morgan fingerprint density at radius 3 is 2.11 bits per heavy atom. The summed E-state index contributed by atoms with van der Waals surface area (Å²) < 4.78 is 5.36. The predicted octanol–water partition coefficient (Wildman–Crippen LogP) is 3.38. The molecule has 3 heteroatoms. The highest BCUT2D eigenvalue weighted by molar-refractivity contribution is 5.62. The van der Waals surface area contributed by atoms with Gasteiger partial charge in [-0.05, 0) is 37.0 Å². The first-order chi connectivity index (χ1) is 8.13. The van der Waals surface area contributed by atoms with E-state index in [9.17, 15) is 5.26 Å². The van der Waals surface area contributed by atoms with Crippen LogP contribution in [0.2, 0.25) is 0 Å². The lowest BCUT2D eigenvalue weighted by atomic mass is 9.79. The van der Waals surface area contributed by atoms with Gasteiger partial charge in [-0.15, -0.1) is 0 Å². The van der Waals surface area contributed by atoms with Crippen molar-refractivity contribution in [1.82, 2.24) is 0 Å². The molecule has 1 aromatic carbocycles. The van der Waals surface area contributed by atoms with E-state index in [1.54, 1.807) is 7.11 Å². The lowest BCUT2D eigenvalue weighted by Crippen LogP contribution is -2.19. The number of ether oxygens (including phenoxy) is 1. The maximum atomic E-state index is 9.31. The smallest absolute Gasteiger partial charge is 0.146 e. The van der Waals surface area contributed by atoms with E-state index in [1.807, 2.05) is 26.0 Å². The minimum Gasteiger partial charge on any atom is -0.494 e. The normalized spacial score (nSPS) is 12.1. The van der Waals surface area contributed by atoms with E-state index in [2.05, 4.69) is 26.8 Å². The molecule has 98 valence electrons. The van der Waals surface area contributed by atoms with Crippen LogP contribution in [0.15, 0.2) is 12.1 Å². The Morgan fingerprint density at radius 2 is 1.72 bits per heavy atom. The summed E-state index contributed by atoms with van der Waals surface area (Å²) in [6.07, 6.45) is 0. The molecule has 1 rings (SSSR count). The molecule has 0 heterocycles. The predicted molar refractivity (Wildman–Crippen MR) is 74.7 cm³/mol. The molecule has 0 atom stereocenters. The monoisotopic (exact) mass is 246 g/mol. The Balaban J connectivity index is 3.58. The van der Waals surface area contributed by atoms with E-state index in [0.717, 1.165) is 11.1 Å². The minimum atomic E-state index is -0.624. The summed E-state index contributed by atoms with van der Waals surface area (Å²) >= 11 is 0. The summed E-state index contributed by atoms with van der Waals surface area (Å²) in [6.45, 7) is 10.1. The summed E-state index contributed by atoms with van der Waals surface area (Å²) in [6, 6.07) is 6.26. The van der Waals surface area contributed by atoms with Crippen molar-refractivity contribution in [1.29, 1.82) is 5.26 Å². The summed E-state index contributed by atoms with van der Waals surface area (Å²) in [7, 11) is 1.58. The zero-order valence-corrected chi connectivity index (χ0v) is 12.1. The molecule has 0 spiro atoms. The largest absolute Gasteiger partial charge is 0.494 e. The van der Waals surface area contributed by atoms with Gasteiger partial charge >= 0.3 is 0 Å². The average Bonchev–Trinajstić information content (AvgIpc) is 2.26. The van der Waals surface area contributed by atoms with Crippen molar-refractivity contribution in [2.45, 2.75) is 45.4 Å². The Bertz CT molecular complexity index is 490.